The number of likely N-dealkylation sites (N-methyl/N-ethyl adjacent to an activating group) is 1. The molecule has 11 heteroatoms. The number of benzene rings is 2. The fourth-order valence-corrected chi connectivity index (χ4v) is 9.64. The summed E-state index contributed by atoms with van der Waals surface area (Å²) in [6.07, 6.45) is 6.96. The number of furan rings is 1. The van der Waals surface area contributed by atoms with Crippen molar-refractivity contribution in [1.29, 1.82) is 5.26 Å². The fourth-order valence-electron chi connectivity index (χ4n) is 7.97. The zero-order valence-electron chi connectivity index (χ0n) is 23.8. The number of rotatable bonds is 6. The maximum absolute atomic E-state index is 14.1. The highest BCUT2D eigenvalue weighted by atomic mass is 32.2. The summed E-state index contributed by atoms with van der Waals surface area (Å²) >= 11 is 0. The van der Waals surface area contributed by atoms with Crippen molar-refractivity contribution >= 4 is 22.0 Å². The van der Waals surface area contributed by atoms with E-state index < -0.39 is 33.2 Å². The average molecular weight is 602 g/mol. The predicted molar refractivity (Wildman–Crippen MR) is 155 cm³/mol. The Hall–Kier alpha value is -4.11. The van der Waals surface area contributed by atoms with Gasteiger partial charge in [-0.2, -0.15) is 9.57 Å². The number of nitriles is 1. The number of carbonyl (C=O) groups is 1. The summed E-state index contributed by atoms with van der Waals surface area (Å²) < 4.78 is 47.0. The lowest BCUT2D eigenvalue weighted by molar-refractivity contribution is -0.186. The highest BCUT2D eigenvalue weighted by Crippen LogP contribution is 2.66. The third kappa shape index (κ3) is 3.76. The Balaban J connectivity index is 1.31. The van der Waals surface area contributed by atoms with Crippen molar-refractivity contribution in [2.45, 2.75) is 59.8 Å². The van der Waals surface area contributed by atoms with Crippen LogP contribution in [0.2, 0.25) is 0 Å². The molecule has 2 aliphatic carbocycles. The number of methoxy groups -OCH3 is 1. The van der Waals surface area contributed by atoms with E-state index in [0.717, 1.165) is 16.7 Å². The highest BCUT2D eigenvalue weighted by Gasteiger charge is 2.74. The van der Waals surface area contributed by atoms with Crippen molar-refractivity contribution in [3.05, 3.63) is 83.3 Å². The Morgan fingerprint density at radius 1 is 1.21 bits per heavy atom. The van der Waals surface area contributed by atoms with Crippen LogP contribution in [0.1, 0.15) is 41.5 Å². The highest BCUT2D eigenvalue weighted by molar-refractivity contribution is 7.89. The standard InChI is InChI=1S/C32H31N3O7S/c1-34(27(36)10-5-21-12-16-41-19-21)24-11-13-32(37)26-17-22-6-9-25(40-2)29-28(22)31(32,30(24)42-29)14-15-35(26)43(38,39)23-7-3-20(18-33)4-8-23/h3-10,12,16,19,24,26,30,37H,11,13-15,17H2,1-2H3/b10-5-/t24-,26-,30+,31+,32-/m1/s1. The second-order valence-corrected chi connectivity index (χ2v) is 13.6. The Morgan fingerprint density at radius 3 is 2.70 bits per heavy atom. The first-order chi connectivity index (χ1) is 20.7. The van der Waals surface area contributed by atoms with Crippen LogP contribution in [0.15, 0.2) is 70.4 Å². The number of piperidine rings is 1. The normalized spacial score (nSPS) is 29.0. The first-order valence-corrected chi connectivity index (χ1v) is 15.7. The second-order valence-electron chi connectivity index (χ2n) is 11.7. The maximum atomic E-state index is 14.1. The number of nitrogens with zero attached hydrogens (tertiary/aromatic N) is 3. The topological polar surface area (TPSA) is 133 Å². The molecule has 10 nitrogen and oxygen atoms in total. The molecule has 2 aliphatic heterocycles. The third-order valence-corrected chi connectivity index (χ3v) is 11.9. The molecule has 2 bridgehead atoms. The third-order valence-electron chi connectivity index (χ3n) is 9.98. The fraction of sp³-hybridized carbons (Fsp3) is 0.375. The summed E-state index contributed by atoms with van der Waals surface area (Å²) in [6.45, 7) is 0.163. The number of amides is 1. The number of carbonyl (C=O) groups excluding carboxylic acids is 1. The van der Waals surface area contributed by atoms with Crippen molar-refractivity contribution in [1.82, 2.24) is 9.21 Å². The lowest BCUT2D eigenvalue weighted by Gasteiger charge is -2.64. The van der Waals surface area contributed by atoms with E-state index in [1.165, 1.54) is 40.9 Å². The number of sulfonamides is 1. The molecule has 222 valence electrons. The number of aliphatic hydroxyl groups is 1. The largest absolute Gasteiger partial charge is 0.493 e. The molecule has 1 saturated carbocycles. The zero-order chi connectivity index (χ0) is 30.1. The molecule has 1 saturated heterocycles. The van der Waals surface area contributed by atoms with E-state index in [1.54, 1.807) is 37.5 Å². The van der Waals surface area contributed by atoms with Crippen LogP contribution >= 0.6 is 0 Å². The Bertz CT molecular complexity index is 1780. The summed E-state index contributed by atoms with van der Waals surface area (Å²) in [5.74, 6) is 0.892. The summed E-state index contributed by atoms with van der Waals surface area (Å²) in [7, 11) is -0.693. The molecule has 3 heterocycles. The van der Waals surface area contributed by atoms with Gasteiger partial charge in [-0.15, -0.1) is 0 Å². The van der Waals surface area contributed by atoms with Crippen molar-refractivity contribution in [2.24, 2.45) is 0 Å². The van der Waals surface area contributed by atoms with Crippen LogP contribution in [0, 0.1) is 11.3 Å². The Labute approximate surface area is 249 Å². The molecule has 3 aromatic rings. The number of hydrogen-bond donors (Lipinski definition) is 1. The molecule has 0 radical (unpaired) electrons. The van der Waals surface area contributed by atoms with E-state index in [1.807, 2.05) is 18.2 Å². The molecule has 4 aliphatic rings. The van der Waals surface area contributed by atoms with Gasteiger partial charge in [-0.05, 0) is 73.7 Å². The van der Waals surface area contributed by atoms with Gasteiger partial charge in [-0.3, -0.25) is 4.79 Å². The minimum Gasteiger partial charge on any atom is -0.493 e. The van der Waals surface area contributed by atoms with Gasteiger partial charge in [0.1, 0.15) is 6.10 Å². The monoisotopic (exact) mass is 601 g/mol. The summed E-state index contributed by atoms with van der Waals surface area (Å²) in [5.41, 5.74) is 0.506. The van der Waals surface area contributed by atoms with Gasteiger partial charge in [0, 0.05) is 30.8 Å². The number of ether oxygens (including phenoxy) is 2. The van der Waals surface area contributed by atoms with Gasteiger partial charge in [0.15, 0.2) is 11.5 Å². The lowest BCUT2D eigenvalue weighted by Crippen LogP contribution is -2.78. The first-order valence-electron chi connectivity index (χ1n) is 14.2. The molecule has 7 rings (SSSR count). The van der Waals surface area contributed by atoms with Crippen LogP contribution in [-0.4, -0.2) is 73.1 Å². The van der Waals surface area contributed by atoms with E-state index in [0.29, 0.717) is 36.3 Å². The average Bonchev–Trinajstić information content (AvgIpc) is 3.65. The van der Waals surface area contributed by atoms with Gasteiger partial charge in [0.05, 0.1) is 59.3 Å². The second kappa shape index (κ2) is 9.71. The minimum atomic E-state index is -4.00. The van der Waals surface area contributed by atoms with Crippen LogP contribution < -0.4 is 9.47 Å². The quantitative estimate of drug-likeness (QED) is 0.426. The van der Waals surface area contributed by atoms with Crippen LogP contribution in [0.4, 0.5) is 0 Å². The van der Waals surface area contributed by atoms with E-state index in [-0.39, 0.29) is 29.8 Å². The number of hydrogen-bond acceptors (Lipinski definition) is 8. The molecule has 1 aromatic heterocycles. The minimum absolute atomic E-state index is 0.0786. The van der Waals surface area contributed by atoms with Gasteiger partial charge in [-0.1, -0.05) is 6.07 Å². The smallest absolute Gasteiger partial charge is 0.246 e. The lowest BCUT2D eigenvalue weighted by atomic mass is 9.48. The Morgan fingerprint density at radius 2 is 2.00 bits per heavy atom. The zero-order valence-corrected chi connectivity index (χ0v) is 24.6. The van der Waals surface area contributed by atoms with E-state index in [9.17, 15) is 23.6 Å². The molecule has 2 fully saturated rings. The van der Waals surface area contributed by atoms with E-state index >= 15 is 0 Å². The predicted octanol–water partition coefficient (Wildman–Crippen LogP) is 3.24. The summed E-state index contributed by atoms with van der Waals surface area (Å²) in [4.78, 5) is 15.1. The van der Waals surface area contributed by atoms with Crippen LogP contribution in [-0.2, 0) is 26.7 Å². The molecule has 2 aromatic carbocycles. The molecule has 43 heavy (non-hydrogen) atoms. The maximum Gasteiger partial charge on any atom is 0.246 e. The van der Waals surface area contributed by atoms with Gasteiger partial charge in [-0.25, -0.2) is 8.42 Å². The van der Waals surface area contributed by atoms with Gasteiger partial charge < -0.3 is 23.9 Å². The van der Waals surface area contributed by atoms with Crippen LogP contribution in [0.3, 0.4) is 0 Å². The molecular weight excluding hydrogens is 570 g/mol. The van der Waals surface area contributed by atoms with Crippen molar-refractivity contribution in [2.75, 3.05) is 20.7 Å². The molecular formula is C32H31N3O7S. The first kappa shape index (κ1) is 27.7. The van der Waals surface area contributed by atoms with Gasteiger partial charge in [0.25, 0.3) is 0 Å². The van der Waals surface area contributed by atoms with Gasteiger partial charge in [0.2, 0.25) is 15.9 Å². The van der Waals surface area contributed by atoms with Crippen molar-refractivity contribution in [3.63, 3.8) is 0 Å². The molecule has 5 atom stereocenters. The summed E-state index contributed by atoms with van der Waals surface area (Å²) in [5, 5.41) is 22.0. The van der Waals surface area contributed by atoms with Crippen molar-refractivity contribution < 1.29 is 32.2 Å². The molecule has 0 unspecified atom stereocenters. The molecule has 1 spiro atoms. The Kier molecular flexibility index (Phi) is 6.25. The van der Waals surface area contributed by atoms with E-state index in [4.69, 9.17) is 13.9 Å². The van der Waals surface area contributed by atoms with Crippen molar-refractivity contribution in [3.8, 4) is 17.6 Å². The summed E-state index contributed by atoms with van der Waals surface area (Å²) in [6, 6.07) is 12.3. The van der Waals surface area contributed by atoms with Gasteiger partial charge >= 0.3 is 0 Å². The van der Waals surface area contributed by atoms with Crippen LogP contribution in [0.5, 0.6) is 11.5 Å². The SMILES string of the molecule is COc1ccc2c3c1O[C@H]1[C@H](N(C)C(=O)/C=C\c4ccoc4)CC[C@@]4(O)[C@@H](C2)N(S(=O)(=O)c2ccc(C#N)cc2)CC[C@]314. The van der Waals surface area contributed by atoms with E-state index in [2.05, 4.69) is 0 Å². The molecule has 1 amide bonds. The van der Waals surface area contributed by atoms with Crippen LogP contribution in [0.25, 0.3) is 6.08 Å². The molecule has 1 N–H and O–H groups in total.